The number of likely N-dealkylation sites (tertiary alicyclic amines) is 1. The lowest BCUT2D eigenvalue weighted by Crippen LogP contribution is -2.44. The lowest BCUT2D eigenvalue weighted by Gasteiger charge is -2.33. The van der Waals surface area contributed by atoms with E-state index in [0.717, 1.165) is 23.9 Å². The van der Waals surface area contributed by atoms with Crippen LogP contribution in [0.2, 0.25) is 0 Å². The molecule has 0 spiro atoms. The predicted octanol–water partition coefficient (Wildman–Crippen LogP) is 2.76. The van der Waals surface area contributed by atoms with Crippen LogP contribution in [0, 0.1) is 0 Å². The molecule has 2 aromatic heterocycles. The number of hydrogen-bond donors (Lipinski definition) is 0. The van der Waals surface area contributed by atoms with E-state index in [1.54, 1.807) is 43.7 Å². The van der Waals surface area contributed by atoms with Gasteiger partial charge < -0.3 is 14.1 Å². The fraction of sp³-hybridized carbons (Fsp3) is 0.333. The summed E-state index contributed by atoms with van der Waals surface area (Å²) in [5, 5.41) is 0.803. The van der Waals surface area contributed by atoms with Crippen molar-refractivity contribution in [3.63, 3.8) is 0 Å². The van der Waals surface area contributed by atoms with Gasteiger partial charge in [-0.15, -0.1) is 0 Å². The second kappa shape index (κ2) is 7.80. The first-order valence-corrected chi connectivity index (χ1v) is 9.35. The minimum atomic E-state index is -0.622. The monoisotopic (exact) mass is 379 g/mol. The van der Waals surface area contributed by atoms with Gasteiger partial charge in [-0.3, -0.25) is 4.79 Å². The van der Waals surface area contributed by atoms with Crippen molar-refractivity contribution in [1.82, 2.24) is 14.9 Å². The SMILES string of the molecule is CC(Oc1ccc2ccc(=O)oc2c1)C(=O)N1CCC(c2ccncn2)CC1. The second-order valence-corrected chi connectivity index (χ2v) is 6.95. The second-order valence-electron chi connectivity index (χ2n) is 6.95. The van der Waals surface area contributed by atoms with Gasteiger partial charge in [-0.25, -0.2) is 14.8 Å². The van der Waals surface area contributed by atoms with Crippen LogP contribution in [0.25, 0.3) is 11.0 Å². The quantitative estimate of drug-likeness (QED) is 0.648. The summed E-state index contributed by atoms with van der Waals surface area (Å²) in [6, 6.07) is 10.2. The maximum absolute atomic E-state index is 12.8. The third kappa shape index (κ3) is 3.88. The van der Waals surface area contributed by atoms with E-state index in [2.05, 4.69) is 9.97 Å². The first-order chi connectivity index (χ1) is 13.6. The molecule has 4 rings (SSSR count). The maximum atomic E-state index is 12.8. The van der Waals surface area contributed by atoms with Crippen molar-refractivity contribution in [3.8, 4) is 5.75 Å². The summed E-state index contributed by atoms with van der Waals surface area (Å²) in [5.74, 6) is 0.806. The fourth-order valence-electron chi connectivity index (χ4n) is 3.56. The molecule has 28 heavy (non-hydrogen) atoms. The van der Waals surface area contributed by atoms with Crippen LogP contribution in [0.15, 0.2) is 58.1 Å². The molecule has 144 valence electrons. The highest BCUT2D eigenvalue weighted by Gasteiger charge is 2.28. The zero-order valence-electron chi connectivity index (χ0n) is 15.6. The summed E-state index contributed by atoms with van der Waals surface area (Å²) >= 11 is 0. The van der Waals surface area contributed by atoms with E-state index in [1.165, 1.54) is 6.07 Å². The predicted molar refractivity (Wildman–Crippen MR) is 103 cm³/mol. The average Bonchev–Trinajstić information content (AvgIpc) is 2.73. The molecule has 1 unspecified atom stereocenters. The first kappa shape index (κ1) is 18.2. The molecule has 1 saturated heterocycles. The topological polar surface area (TPSA) is 85.5 Å². The number of carbonyl (C=O) groups excluding carboxylic acids is 1. The fourth-order valence-corrected chi connectivity index (χ4v) is 3.56. The number of nitrogens with zero attached hydrogens (tertiary/aromatic N) is 3. The highest BCUT2D eigenvalue weighted by atomic mass is 16.5. The van der Waals surface area contributed by atoms with E-state index in [0.29, 0.717) is 30.3 Å². The summed E-state index contributed by atoms with van der Waals surface area (Å²) in [5.41, 5.74) is 1.06. The van der Waals surface area contributed by atoms with Crippen molar-refractivity contribution in [1.29, 1.82) is 0 Å². The molecular formula is C21H21N3O4. The van der Waals surface area contributed by atoms with Crippen molar-refractivity contribution in [3.05, 3.63) is 65.0 Å². The molecule has 3 aromatic rings. The standard InChI is InChI=1S/C21H21N3O4/c1-14(27-17-4-2-16-3-5-20(25)28-19(16)12-17)21(26)24-10-7-15(8-11-24)18-6-9-22-13-23-18/h2-6,9,12-15H,7-8,10-11H2,1H3. The van der Waals surface area contributed by atoms with Gasteiger partial charge in [-0.05, 0) is 44.0 Å². The number of benzene rings is 1. The van der Waals surface area contributed by atoms with Crippen LogP contribution in [0.1, 0.15) is 31.4 Å². The van der Waals surface area contributed by atoms with Crippen LogP contribution in [0.4, 0.5) is 0 Å². The van der Waals surface area contributed by atoms with Crippen molar-refractivity contribution < 1.29 is 13.9 Å². The lowest BCUT2D eigenvalue weighted by molar-refractivity contribution is -0.139. The molecule has 3 heterocycles. The van der Waals surface area contributed by atoms with Crippen LogP contribution in [0.3, 0.4) is 0 Å². The van der Waals surface area contributed by atoms with Crippen molar-refractivity contribution in [2.45, 2.75) is 31.8 Å². The summed E-state index contributed by atoms with van der Waals surface area (Å²) < 4.78 is 11.0. The molecule has 1 aromatic carbocycles. The highest BCUT2D eigenvalue weighted by Crippen LogP contribution is 2.27. The number of amides is 1. The molecule has 1 aliphatic rings. The number of carbonyl (C=O) groups is 1. The van der Waals surface area contributed by atoms with Crippen LogP contribution in [0.5, 0.6) is 5.75 Å². The van der Waals surface area contributed by atoms with Gasteiger partial charge in [0.15, 0.2) is 6.10 Å². The van der Waals surface area contributed by atoms with Gasteiger partial charge in [0.25, 0.3) is 5.91 Å². The Morgan fingerprint density at radius 2 is 2.00 bits per heavy atom. The van der Waals surface area contributed by atoms with Crippen LogP contribution in [-0.4, -0.2) is 40.0 Å². The van der Waals surface area contributed by atoms with Gasteiger partial charge in [0, 0.05) is 48.4 Å². The molecule has 1 fully saturated rings. The third-order valence-corrected chi connectivity index (χ3v) is 5.08. The Morgan fingerprint density at radius 1 is 1.21 bits per heavy atom. The Labute approximate surface area is 162 Å². The summed E-state index contributed by atoms with van der Waals surface area (Å²) in [4.78, 5) is 34.3. The van der Waals surface area contributed by atoms with Gasteiger partial charge in [-0.2, -0.15) is 0 Å². The highest BCUT2D eigenvalue weighted by molar-refractivity contribution is 5.81. The van der Waals surface area contributed by atoms with E-state index >= 15 is 0 Å². The molecule has 1 atom stereocenters. The Kier molecular flexibility index (Phi) is 5.06. The van der Waals surface area contributed by atoms with E-state index in [4.69, 9.17) is 9.15 Å². The van der Waals surface area contributed by atoms with Gasteiger partial charge in [0.1, 0.15) is 17.7 Å². The Bertz CT molecular complexity index is 1030. The Balaban J connectivity index is 1.38. The number of rotatable bonds is 4. The van der Waals surface area contributed by atoms with Crippen molar-refractivity contribution >= 4 is 16.9 Å². The van der Waals surface area contributed by atoms with Gasteiger partial charge in [0.2, 0.25) is 0 Å². The largest absolute Gasteiger partial charge is 0.481 e. The minimum Gasteiger partial charge on any atom is -0.481 e. The summed E-state index contributed by atoms with van der Waals surface area (Å²) in [6.45, 7) is 3.09. The molecular weight excluding hydrogens is 358 g/mol. The maximum Gasteiger partial charge on any atom is 0.336 e. The van der Waals surface area contributed by atoms with Gasteiger partial charge in [0.05, 0.1) is 0 Å². The number of fused-ring (bicyclic) bond motifs is 1. The summed E-state index contributed by atoms with van der Waals surface area (Å²) in [6.07, 6.45) is 4.44. The first-order valence-electron chi connectivity index (χ1n) is 9.35. The zero-order valence-corrected chi connectivity index (χ0v) is 15.6. The van der Waals surface area contributed by atoms with Crippen molar-refractivity contribution in [2.24, 2.45) is 0 Å². The van der Waals surface area contributed by atoms with Crippen LogP contribution >= 0.6 is 0 Å². The Hall–Kier alpha value is -3.22. The molecule has 0 N–H and O–H groups in total. The normalized spacial score (nSPS) is 16.1. The number of piperidine rings is 1. The smallest absolute Gasteiger partial charge is 0.336 e. The summed E-state index contributed by atoms with van der Waals surface area (Å²) in [7, 11) is 0. The zero-order chi connectivity index (χ0) is 19.5. The molecule has 0 aliphatic carbocycles. The molecule has 7 nitrogen and oxygen atoms in total. The van der Waals surface area contributed by atoms with Gasteiger partial charge >= 0.3 is 5.63 Å². The van der Waals surface area contributed by atoms with E-state index in [9.17, 15) is 9.59 Å². The molecule has 1 aliphatic heterocycles. The van der Waals surface area contributed by atoms with E-state index in [1.807, 2.05) is 11.0 Å². The average molecular weight is 379 g/mol. The van der Waals surface area contributed by atoms with E-state index in [-0.39, 0.29) is 5.91 Å². The van der Waals surface area contributed by atoms with Crippen LogP contribution in [-0.2, 0) is 4.79 Å². The number of hydrogen-bond acceptors (Lipinski definition) is 6. The van der Waals surface area contributed by atoms with Crippen LogP contribution < -0.4 is 10.4 Å². The number of aromatic nitrogens is 2. The van der Waals surface area contributed by atoms with E-state index < -0.39 is 11.7 Å². The van der Waals surface area contributed by atoms with Crippen molar-refractivity contribution in [2.75, 3.05) is 13.1 Å². The molecule has 1 amide bonds. The van der Waals surface area contributed by atoms with Gasteiger partial charge in [-0.1, -0.05) is 0 Å². The minimum absolute atomic E-state index is 0.0456. The molecule has 0 bridgehead atoms. The molecule has 0 saturated carbocycles. The molecule has 7 heteroatoms. The lowest BCUT2D eigenvalue weighted by atomic mass is 9.93. The third-order valence-electron chi connectivity index (χ3n) is 5.08. The molecule has 0 radical (unpaired) electrons. The Morgan fingerprint density at radius 3 is 2.75 bits per heavy atom. The number of ether oxygens (including phenoxy) is 1.